The summed E-state index contributed by atoms with van der Waals surface area (Å²) in [7, 11) is 0. The minimum Gasteiger partial charge on any atom is -0.443 e. The van der Waals surface area contributed by atoms with Gasteiger partial charge in [-0.15, -0.1) is 0 Å². The number of carbonyl (C=O) groups excluding carboxylic acids is 2. The van der Waals surface area contributed by atoms with Crippen LogP contribution in [-0.2, 0) is 4.74 Å². The first kappa shape index (κ1) is 16.2. The fraction of sp³-hybridized carbons (Fsp3) is 0.300. The van der Waals surface area contributed by atoms with Gasteiger partial charge in [-0.3, -0.25) is 9.69 Å². The SMILES string of the molecule is Cc1ccc2c(c1)C(=O)C(c1ccccc1)N2C(=O)OC(C)(C)C. The highest BCUT2D eigenvalue weighted by molar-refractivity contribution is 6.17. The third-order valence-electron chi connectivity index (χ3n) is 3.89. The molecule has 2 aromatic carbocycles. The van der Waals surface area contributed by atoms with E-state index in [1.165, 1.54) is 4.90 Å². The Bertz CT molecular complexity index is 790. The number of fused-ring (bicyclic) bond motifs is 1. The van der Waals surface area contributed by atoms with Gasteiger partial charge in [-0.2, -0.15) is 0 Å². The minimum absolute atomic E-state index is 0.0780. The lowest BCUT2D eigenvalue weighted by Gasteiger charge is -2.28. The van der Waals surface area contributed by atoms with Gasteiger partial charge < -0.3 is 4.74 Å². The second-order valence-electron chi connectivity index (χ2n) is 7.05. The Morgan fingerprint density at radius 3 is 2.38 bits per heavy atom. The Morgan fingerprint density at radius 2 is 1.75 bits per heavy atom. The summed E-state index contributed by atoms with van der Waals surface area (Å²) in [6.45, 7) is 7.38. The minimum atomic E-state index is -0.683. The number of rotatable bonds is 1. The quantitative estimate of drug-likeness (QED) is 0.766. The molecule has 0 aliphatic carbocycles. The van der Waals surface area contributed by atoms with Crippen LogP contribution in [0.2, 0.25) is 0 Å². The fourth-order valence-electron chi connectivity index (χ4n) is 2.91. The molecule has 24 heavy (non-hydrogen) atoms. The zero-order valence-electron chi connectivity index (χ0n) is 14.4. The molecule has 1 atom stereocenters. The molecule has 1 aliphatic rings. The van der Waals surface area contributed by atoms with E-state index in [0.717, 1.165) is 11.1 Å². The van der Waals surface area contributed by atoms with Crippen molar-refractivity contribution in [1.82, 2.24) is 0 Å². The molecule has 4 nitrogen and oxygen atoms in total. The second-order valence-corrected chi connectivity index (χ2v) is 7.05. The van der Waals surface area contributed by atoms with E-state index < -0.39 is 17.7 Å². The van der Waals surface area contributed by atoms with Gasteiger partial charge in [-0.1, -0.05) is 42.0 Å². The molecule has 1 unspecified atom stereocenters. The maximum Gasteiger partial charge on any atom is 0.415 e. The van der Waals surface area contributed by atoms with Gasteiger partial charge in [-0.05, 0) is 45.4 Å². The molecule has 1 heterocycles. The van der Waals surface area contributed by atoms with Crippen LogP contribution in [-0.4, -0.2) is 17.5 Å². The van der Waals surface area contributed by atoms with Crippen LogP contribution in [0.1, 0.15) is 48.3 Å². The van der Waals surface area contributed by atoms with Crippen molar-refractivity contribution >= 4 is 17.6 Å². The average molecular weight is 323 g/mol. The van der Waals surface area contributed by atoms with E-state index in [0.29, 0.717) is 11.3 Å². The molecule has 4 heteroatoms. The van der Waals surface area contributed by atoms with Gasteiger partial charge in [0.05, 0.1) is 5.69 Å². The highest BCUT2D eigenvalue weighted by atomic mass is 16.6. The second kappa shape index (κ2) is 5.78. The number of Topliss-reactive ketones (excluding diaryl/α,β-unsaturated/α-hetero) is 1. The first-order chi connectivity index (χ1) is 11.3. The van der Waals surface area contributed by atoms with Crippen LogP contribution in [0.25, 0.3) is 0 Å². The standard InChI is InChI=1S/C20H21NO3/c1-13-10-11-16-15(12-13)18(22)17(14-8-6-5-7-9-14)21(16)19(23)24-20(2,3)4/h5-12,17H,1-4H3. The molecular formula is C20H21NO3. The lowest BCUT2D eigenvalue weighted by Crippen LogP contribution is -2.38. The van der Waals surface area contributed by atoms with Gasteiger partial charge in [0.25, 0.3) is 0 Å². The predicted molar refractivity (Wildman–Crippen MR) is 93.4 cm³/mol. The molecule has 0 aromatic heterocycles. The van der Waals surface area contributed by atoms with Crippen molar-refractivity contribution in [3.63, 3.8) is 0 Å². The molecule has 0 radical (unpaired) electrons. The van der Waals surface area contributed by atoms with Crippen LogP contribution in [0.3, 0.4) is 0 Å². The van der Waals surface area contributed by atoms with Gasteiger partial charge in [-0.25, -0.2) is 4.79 Å². The van der Waals surface area contributed by atoms with E-state index >= 15 is 0 Å². The highest BCUT2D eigenvalue weighted by Gasteiger charge is 2.43. The van der Waals surface area contributed by atoms with Gasteiger partial charge in [0.15, 0.2) is 5.78 Å². The largest absolute Gasteiger partial charge is 0.443 e. The molecule has 0 saturated heterocycles. The molecule has 2 aromatic rings. The summed E-state index contributed by atoms with van der Waals surface area (Å²) in [5, 5.41) is 0. The molecule has 124 valence electrons. The number of nitrogens with zero attached hydrogens (tertiary/aromatic N) is 1. The lowest BCUT2D eigenvalue weighted by atomic mass is 10.0. The van der Waals surface area contributed by atoms with Crippen LogP contribution in [0, 0.1) is 6.92 Å². The summed E-state index contributed by atoms with van der Waals surface area (Å²) in [5.41, 5.74) is 2.31. The maximum absolute atomic E-state index is 13.0. The Labute approximate surface area is 142 Å². The van der Waals surface area contributed by atoms with Gasteiger partial charge >= 0.3 is 6.09 Å². The molecule has 0 spiro atoms. The summed E-state index contributed by atoms with van der Waals surface area (Å²) in [6, 6.07) is 14.2. The number of ketones is 1. The van der Waals surface area contributed by atoms with Crippen molar-refractivity contribution in [2.75, 3.05) is 4.90 Å². The van der Waals surface area contributed by atoms with Crippen LogP contribution < -0.4 is 4.90 Å². The summed E-state index contributed by atoms with van der Waals surface area (Å²) in [5.74, 6) is -0.0780. The van der Waals surface area contributed by atoms with E-state index in [1.807, 2.05) is 76.2 Å². The molecular weight excluding hydrogens is 302 g/mol. The maximum atomic E-state index is 13.0. The number of benzene rings is 2. The fourth-order valence-corrected chi connectivity index (χ4v) is 2.91. The van der Waals surface area contributed by atoms with Crippen molar-refractivity contribution in [3.8, 4) is 0 Å². The van der Waals surface area contributed by atoms with Crippen molar-refractivity contribution in [2.45, 2.75) is 39.3 Å². The first-order valence-electron chi connectivity index (χ1n) is 8.00. The number of carbonyl (C=O) groups is 2. The Morgan fingerprint density at radius 1 is 1.08 bits per heavy atom. The van der Waals surface area contributed by atoms with Gasteiger partial charge in [0.2, 0.25) is 0 Å². The van der Waals surface area contributed by atoms with E-state index in [4.69, 9.17) is 4.74 Å². The molecule has 0 saturated carbocycles. The summed E-state index contributed by atoms with van der Waals surface area (Å²) >= 11 is 0. The third-order valence-corrected chi connectivity index (χ3v) is 3.89. The van der Waals surface area contributed by atoms with Crippen molar-refractivity contribution < 1.29 is 14.3 Å². The number of anilines is 1. The molecule has 1 amide bonds. The molecule has 0 fully saturated rings. The summed E-state index contributed by atoms with van der Waals surface area (Å²) in [4.78, 5) is 27.2. The smallest absolute Gasteiger partial charge is 0.415 e. The normalized spacial score (nSPS) is 16.9. The first-order valence-corrected chi connectivity index (χ1v) is 8.00. The predicted octanol–water partition coefficient (Wildman–Crippen LogP) is 4.67. The van der Waals surface area contributed by atoms with Crippen molar-refractivity contribution in [1.29, 1.82) is 0 Å². The van der Waals surface area contributed by atoms with Crippen LogP contribution in [0.5, 0.6) is 0 Å². The molecule has 1 aliphatic heterocycles. The zero-order valence-corrected chi connectivity index (χ0v) is 14.4. The molecule has 0 bridgehead atoms. The van der Waals surface area contributed by atoms with E-state index in [9.17, 15) is 9.59 Å². The van der Waals surface area contributed by atoms with Crippen LogP contribution in [0.4, 0.5) is 10.5 Å². The Balaban J connectivity index is 2.10. The Kier molecular flexibility index (Phi) is 3.91. The number of amides is 1. The van der Waals surface area contributed by atoms with E-state index in [-0.39, 0.29) is 5.78 Å². The number of hydrogen-bond acceptors (Lipinski definition) is 3. The van der Waals surface area contributed by atoms with E-state index in [2.05, 4.69) is 0 Å². The molecule has 0 N–H and O–H groups in total. The Hall–Kier alpha value is -2.62. The van der Waals surface area contributed by atoms with E-state index in [1.54, 1.807) is 0 Å². The van der Waals surface area contributed by atoms with Crippen molar-refractivity contribution in [3.05, 3.63) is 65.2 Å². The molecule has 3 rings (SSSR count). The monoisotopic (exact) mass is 323 g/mol. The average Bonchev–Trinajstić information content (AvgIpc) is 2.79. The highest BCUT2D eigenvalue weighted by Crippen LogP contribution is 2.41. The number of ether oxygens (including phenoxy) is 1. The van der Waals surface area contributed by atoms with Gasteiger partial charge in [0.1, 0.15) is 11.6 Å². The summed E-state index contributed by atoms with van der Waals surface area (Å²) < 4.78 is 5.54. The van der Waals surface area contributed by atoms with Gasteiger partial charge in [0, 0.05) is 5.56 Å². The van der Waals surface area contributed by atoms with Crippen molar-refractivity contribution in [2.24, 2.45) is 0 Å². The number of hydrogen-bond donors (Lipinski definition) is 0. The zero-order chi connectivity index (χ0) is 17.5. The number of aryl methyl sites for hydroxylation is 1. The third kappa shape index (κ3) is 2.92. The topological polar surface area (TPSA) is 46.6 Å². The van der Waals surface area contributed by atoms with Crippen LogP contribution >= 0.6 is 0 Å². The lowest BCUT2D eigenvalue weighted by molar-refractivity contribution is 0.0560. The van der Waals surface area contributed by atoms with Crippen LogP contribution in [0.15, 0.2) is 48.5 Å². The summed E-state index contributed by atoms with van der Waals surface area (Å²) in [6.07, 6.45) is -0.507.